The molecule has 12 heteroatoms. The summed E-state index contributed by atoms with van der Waals surface area (Å²) in [5.74, 6) is 0.313. The molecule has 6 N–H and O–H groups in total. The number of urea groups is 1. The van der Waals surface area contributed by atoms with E-state index >= 15 is 4.39 Å². The van der Waals surface area contributed by atoms with Crippen LogP contribution in [0.15, 0.2) is 54.9 Å². The highest BCUT2D eigenvalue weighted by Gasteiger charge is 2.24. The number of nitrogen functional groups attached to an aromatic ring is 1. The Labute approximate surface area is 214 Å². The summed E-state index contributed by atoms with van der Waals surface area (Å²) in [7, 11) is -2.50. The van der Waals surface area contributed by atoms with Gasteiger partial charge in [0.2, 0.25) is 0 Å². The molecule has 0 atom stereocenters. The summed E-state index contributed by atoms with van der Waals surface area (Å²) in [6.07, 6.45) is 1.36. The minimum Gasteiger partial charge on any atom is -0.382 e. The second-order valence-electron chi connectivity index (χ2n) is 9.08. The number of carbonyl (C=O) groups is 1. The van der Waals surface area contributed by atoms with Crippen LogP contribution in [0.25, 0.3) is 16.6 Å². The highest BCUT2D eigenvalue weighted by Crippen LogP contribution is 2.41. The summed E-state index contributed by atoms with van der Waals surface area (Å²) in [5, 5.41) is 9.60. The fourth-order valence-corrected chi connectivity index (χ4v) is 5.71. The van der Waals surface area contributed by atoms with E-state index in [9.17, 15) is 13.9 Å². The lowest BCUT2D eigenvalue weighted by Gasteiger charge is -2.40. The van der Waals surface area contributed by atoms with Crippen LogP contribution >= 0.6 is 10.6 Å². The van der Waals surface area contributed by atoms with Crippen LogP contribution in [-0.4, -0.2) is 59.2 Å². The molecule has 0 bridgehead atoms. The first-order chi connectivity index (χ1) is 17.7. The molecule has 5 rings (SSSR count). The van der Waals surface area contributed by atoms with E-state index in [1.54, 1.807) is 16.6 Å². The summed E-state index contributed by atoms with van der Waals surface area (Å²) < 4.78 is 36.6. The van der Waals surface area contributed by atoms with Crippen LogP contribution in [0.3, 0.4) is 0 Å². The number of carbonyl (C=O) groups excluding carboxylic acids is 1. The van der Waals surface area contributed by atoms with Crippen LogP contribution in [0.2, 0.25) is 0 Å². The largest absolute Gasteiger partial charge is 0.382 e. The third-order valence-electron chi connectivity index (χ3n) is 6.32. The lowest BCUT2D eigenvalue weighted by molar-refractivity contribution is 0.262. The molecule has 10 nitrogen and oxygen atoms in total. The molecule has 2 aromatic heterocycles. The van der Waals surface area contributed by atoms with E-state index in [0.717, 1.165) is 11.3 Å². The second kappa shape index (κ2) is 9.98. The minimum absolute atomic E-state index is 0.0363. The molecule has 1 saturated heterocycles. The van der Waals surface area contributed by atoms with Crippen molar-refractivity contribution in [1.82, 2.24) is 19.5 Å². The van der Waals surface area contributed by atoms with Crippen molar-refractivity contribution in [3.05, 3.63) is 71.9 Å². The van der Waals surface area contributed by atoms with Crippen LogP contribution in [0, 0.1) is 12.7 Å². The average Bonchev–Trinajstić information content (AvgIpc) is 3.21. The van der Waals surface area contributed by atoms with Gasteiger partial charge in [-0.15, -0.1) is 0 Å². The molecule has 0 spiro atoms. The predicted octanol–water partition coefficient (Wildman–Crippen LogP) is 4.64. The molecule has 0 radical (unpaired) electrons. The van der Waals surface area contributed by atoms with E-state index < -0.39 is 22.4 Å². The topological polar surface area (TPSA) is 141 Å². The van der Waals surface area contributed by atoms with Crippen molar-refractivity contribution >= 4 is 39.3 Å². The van der Waals surface area contributed by atoms with Gasteiger partial charge in [0.15, 0.2) is 5.82 Å². The van der Waals surface area contributed by atoms with E-state index in [0.29, 0.717) is 53.5 Å². The number of nitrogens with zero attached hydrogens (tertiary/aromatic N) is 4. The van der Waals surface area contributed by atoms with Gasteiger partial charge in [-0.3, -0.25) is 14.0 Å². The van der Waals surface area contributed by atoms with Crippen molar-refractivity contribution in [1.29, 1.82) is 0 Å². The van der Waals surface area contributed by atoms with Crippen LogP contribution < -0.4 is 16.4 Å². The number of amides is 2. The van der Waals surface area contributed by atoms with Gasteiger partial charge in [0.25, 0.3) is 0 Å². The Balaban J connectivity index is 1.39. The maximum atomic E-state index is 15.1. The molecule has 1 aliphatic heterocycles. The number of nitrogens with two attached hydrogens (primary N) is 1. The number of halogens is 1. The van der Waals surface area contributed by atoms with E-state index in [2.05, 4.69) is 25.6 Å². The van der Waals surface area contributed by atoms with Gasteiger partial charge in [-0.05, 0) is 48.4 Å². The van der Waals surface area contributed by atoms with Crippen molar-refractivity contribution in [2.75, 3.05) is 41.0 Å². The molecular formula is C25H28FN7O3S. The fraction of sp³-hybridized carbons (Fsp3) is 0.240. The number of aryl methyl sites for hydroxylation is 1. The Morgan fingerprint density at radius 3 is 2.65 bits per heavy atom. The zero-order valence-electron chi connectivity index (χ0n) is 20.2. The Kier molecular flexibility index (Phi) is 6.73. The van der Waals surface area contributed by atoms with Crippen LogP contribution in [0.4, 0.5) is 26.4 Å². The molecular weight excluding hydrogens is 497 g/mol. The molecule has 1 fully saturated rings. The first kappa shape index (κ1) is 25.0. The maximum Gasteiger partial charge on any atom is 0.323 e. The molecule has 2 aromatic carbocycles. The molecule has 0 saturated carbocycles. The van der Waals surface area contributed by atoms with E-state index in [1.165, 1.54) is 18.5 Å². The van der Waals surface area contributed by atoms with Crippen molar-refractivity contribution < 1.29 is 18.3 Å². The van der Waals surface area contributed by atoms with E-state index in [4.69, 9.17) is 5.73 Å². The van der Waals surface area contributed by atoms with Gasteiger partial charge in [0, 0.05) is 30.9 Å². The molecule has 1 aliphatic rings. The number of anilines is 3. The highest BCUT2D eigenvalue weighted by molar-refractivity contribution is 8.24. The SMILES string of the molecule is Cc1cccc(NC(=O)Nc2ccc(-c3cc(CN4CCS(O)(O)CC4)n4ncnc(N)c34)cc2F)c1. The van der Waals surface area contributed by atoms with Gasteiger partial charge >= 0.3 is 6.03 Å². The zero-order chi connectivity index (χ0) is 26.2. The zero-order valence-corrected chi connectivity index (χ0v) is 21.0. The molecule has 3 heterocycles. The average molecular weight is 526 g/mol. The molecule has 2 amide bonds. The number of hydrogen-bond acceptors (Lipinski definition) is 7. The first-order valence-corrected chi connectivity index (χ1v) is 13.6. The molecule has 0 aliphatic carbocycles. The molecule has 194 valence electrons. The van der Waals surface area contributed by atoms with E-state index in [-0.39, 0.29) is 11.5 Å². The van der Waals surface area contributed by atoms with Gasteiger partial charge in [0.05, 0.1) is 22.9 Å². The third-order valence-corrected chi connectivity index (χ3v) is 7.99. The van der Waals surface area contributed by atoms with Crippen molar-refractivity contribution in [3.8, 4) is 11.1 Å². The lowest BCUT2D eigenvalue weighted by Crippen LogP contribution is -2.38. The Morgan fingerprint density at radius 2 is 1.92 bits per heavy atom. The maximum absolute atomic E-state index is 15.1. The predicted molar refractivity (Wildman–Crippen MR) is 144 cm³/mol. The Bertz CT molecular complexity index is 1470. The monoisotopic (exact) mass is 525 g/mol. The lowest BCUT2D eigenvalue weighted by atomic mass is 10.1. The smallest absolute Gasteiger partial charge is 0.323 e. The number of nitrogens with one attached hydrogen (secondary N) is 2. The van der Waals surface area contributed by atoms with Gasteiger partial charge in [-0.25, -0.2) is 18.7 Å². The van der Waals surface area contributed by atoms with Crippen molar-refractivity contribution in [2.45, 2.75) is 13.5 Å². The number of benzene rings is 2. The van der Waals surface area contributed by atoms with Crippen LogP contribution in [0.5, 0.6) is 0 Å². The van der Waals surface area contributed by atoms with Crippen molar-refractivity contribution in [3.63, 3.8) is 0 Å². The third kappa shape index (κ3) is 5.52. The molecule has 0 unspecified atom stereocenters. The molecule has 37 heavy (non-hydrogen) atoms. The Hall–Kier alpha value is -3.71. The standard InChI is InChI=1S/C25H28FN7O3S/c1-16-3-2-4-18(11-16)30-25(34)31-22-6-5-17(12-21(22)26)20-13-19(33-23(20)24(27)28-15-29-33)14-32-7-9-37(35,36)10-8-32/h2-6,11-13,15,35-36H,7-10,14H2,1H3,(H2,27,28,29)(H2,30,31,34). The number of hydrogen-bond donors (Lipinski definition) is 5. The van der Waals surface area contributed by atoms with E-state index in [1.807, 2.05) is 31.2 Å². The van der Waals surface area contributed by atoms with Gasteiger partial charge < -0.3 is 16.4 Å². The summed E-state index contributed by atoms with van der Waals surface area (Å²) in [4.78, 5) is 18.6. The normalized spacial score (nSPS) is 16.4. The first-order valence-electron chi connectivity index (χ1n) is 11.7. The minimum atomic E-state index is -2.50. The summed E-state index contributed by atoms with van der Waals surface area (Å²) in [6.45, 7) is 3.52. The summed E-state index contributed by atoms with van der Waals surface area (Å²) in [5.41, 5.74) is 10.4. The van der Waals surface area contributed by atoms with Crippen molar-refractivity contribution in [2.24, 2.45) is 0 Å². The van der Waals surface area contributed by atoms with Crippen LogP contribution in [-0.2, 0) is 6.54 Å². The molecule has 4 aromatic rings. The number of aromatic nitrogens is 3. The summed E-state index contributed by atoms with van der Waals surface area (Å²) in [6, 6.07) is 13.2. The second-order valence-corrected chi connectivity index (χ2v) is 11.5. The van der Waals surface area contributed by atoms with Crippen LogP contribution in [0.1, 0.15) is 11.3 Å². The summed E-state index contributed by atoms with van der Waals surface area (Å²) >= 11 is 0. The quantitative estimate of drug-likeness (QED) is 0.256. The van der Waals surface area contributed by atoms with Gasteiger partial charge in [0.1, 0.15) is 17.7 Å². The fourth-order valence-electron chi connectivity index (χ4n) is 4.41. The number of rotatable bonds is 5. The van der Waals surface area contributed by atoms with Gasteiger partial charge in [-0.2, -0.15) is 15.7 Å². The Morgan fingerprint density at radius 1 is 1.14 bits per heavy atom. The van der Waals surface area contributed by atoms with Gasteiger partial charge in [-0.1, -0.05) is 18.2 Å². The highest BCUT2D eigenvalue weighted by atomic mass is 32.3. The number of fused-ring (bicyclic) bond motifs is 1.